The van der Waals surface area contributed by atoms with Crippen molar-refractivity contribution in [3.63, 3.8) is 0 Å². The number of nitrogens with one attached hydrogen (secondary N) is 1. The Labute approximate surface area is 128 Å². The van der Waals surface area contributed by atoms with E-state index in [-0.39, 0.29) is 12.1 Å². The summed E-state index contributed by atoms with van der Waals surface area (Å²) >= 11 is 4.58. The number of urea groups is 1. The molecule has 1 aliphatic heterocycles. The number of carbonyl (C=O) groups is 1. The minimum atomic E-state index is -0.122. The molecule has 6 nitrogen and oxygen atoms in total. The van der Waals surface area contributed by atoms with Gasteiger partial charge in [-0.3, -0.25) is 5.32 Å². The molecule has 0 aromatic carbocycles. The molecular weight excluding hydrogens is 342 g/mol. The molecule has 104 valence electrons. The Balaban J connectivity index is 1.75. The molecule has 0 aliphatic carbocycles. The van der Waals surface area contributed by atoms with Gasteiger partial charge in [0.1, 0.15) is 5.00 Å². The highest BCUT2D eigenvalue weighted by Crippen LogP contribution is 2.30. The van der Waals surface area contributed by atoms with Crippen LogP contribution in [-0.4, -0.2) is 31.8 Å². The molecule has 20 heavy (non-hydrogen) atoms. The van der Waals surface area contributed by atoms with E-state index in [0.29, 0.717) is 12.4 Å². The van der Waals surface area contributed by atoms with E-state index in [9.17, 15) is 4.79 Å². The Bertz CT molecular complexity index is 588. The van der Waals surface area contributed by atoms with Crippen molar-refractivity contribution in [3.8, 4) is 0 Å². The largest absolute Gasteiger partial charge is 0.323 e. The molecule has 3 rings (SSSR count). The predicted molar refractivity (Wildman–Crippen MR) is 79.5 cm³/mol. The van der Waals surface area contributed by atoms with Gasteiger partial charge in [-0.15, -0.1) is 0 Å². The lowest BCUT2D eigenvalue weighted by molar-refractivity contribution is 0.205. The third-order valence-corrected chi connectivity index (χ3v) is 4.19. The average molecular weight is 354 g/mol. The van der Waals surface area contributed by atoms with Crippen molar-refractivity contribution in [2.24, 2.45) is 0 Å². The molecule has 0 saturated carbocycles. The Morgan fingerprint density at radius 2 is 2.25 bits per heavy atom. The molecule has 1 atom stereocenters. The second-order valence-electron chi connectivity index (χ2n) is 4.42. The molecular formula is C12H12BrN5OS. The molecule has 8 heteroatoms. The number of amides is 2. The molecule has 2 amide bonds. The van der Waals surface area contributed by atoms with E-state index in [4.69, 9.17) is 0 Å². The number of nitrogens with zero attached hydrogens (tertiary/aromatic N) is 4. The van der Waals surface area contributed by atoms with Gasteiger partial charge in [-0.2, -0.15) is 4.37 Å². The third-order valence-electron chi connectivity index (χ3n) is 3.12. The fourth-order valence-corrected chi connectivity index (χ4v) is 2.92. The molecule has 0 spiro atoms. The number of likely N-dealkylation sites (tertiary alicyclic amines) is 1. The first-order valence-corrected chi connectivity index (χ1v) is 7.76. The van der Waals surface area contributed by atoms with Crippen LogP contribution in [0.5, 0.6) is 0 Å². The van der Waals surface area contributed by atoms with Crippen molar-refractivity contribution >= 4 is 38.5 Å². The molecule has 1 unspecified atom stereocenters. The Hall–Kier alpha value is -1.54. The zero-order chi connectivity index (χ0) is 13.9. The first-order valence-electron chi connectivity index (χ1n) is 6.20. The summed E-state index contributed by atoms with van der Waals surface area (Å²) in [6.45, 7) is 0.717. The van der Waals surface area contributed by atoms with Crippen LogP contribution in [-0.2, 0) is 0 Å². The van der Waals surface area contributed by atoms with Gasteiger partial charge in [-0.25, -0.2) is 14.8 Å². The van der Waals surface area contributed by atoms with E-state index < -0.39 is 0 Å². The maximum absolute atomic E-state index is 12.3. The highest BCUT2D eigenvalue weighted by atomic mass is 79.9. The molecule has 3 heterocycles. The minimum Gasteiger partial charge on any atom is -0.314 e. The summed E-state index contributed by atoms with van der Waals surface area (Å²) < 4.78 is 4.80. The predicted octanol–water partition coefficient (Wildman–Crippen LogP) is 3.06. The van der Waals surface area contributed by atoms with Gasteiger partial charge in [0.25, 0.3) is 0 Å². The summed E-state index contributed by atoms with van der Waals surface area (Å²) in [5.41, 5.74) is 0. The molecule has 1 N–H and O–H groups in total. The van der Waals surface area contributed by atoms with Crippen molar-refractivity contribution in [3.05, 3.63) is 35.0 Å². The van der Waals surface area contributed by atoms with Crippen LogP contribution in [0.3, 0.4) is 0 Å². The van der Waals surface area contributed by atoms with Gasteiger partial charge in [0, 0.05) is 25.1 Å². The lowest BCUT2D eigenvalue weighted by atomic mass is 10.2. The van der Waals surface area contributed by atoms with Gasteiger partial charge in [0.2, 0.25) is 0 Å². The summed E-state index contributed by atoms with van der Waals surface area (Å²) in [7, 11) is 0. The maximum atomic E-state index is 12.3. The van der Waals surface area contributed by atoms with E-state index in [1.54, 1.807) is 29.6 Å². The van der Waals surface area contributed by atoms with Crippen molar-refractivity contribution < 1.29 is 4.79 Å². The summed E-state index contributed by atoms with van der Waals surface area (Å²) in [4.78, 5) is 22.7. The van der Waals surface area contributed by atoms with Gasteiger partial charge < -0.3 is 4.90 Å². The van der Waals surface area contributed by atoms with Crippen LogP contribution in [0.15, 0.2) is 29.1 Å². The van der Waals surface area contributed by atoms with E-state index in [2.05, 4.69) is 35.6 Å². The standard InChI is InChI=1S/C12H12BrN5OS/c13-8-6-14-11(15-7-8)9-2-1-5-18(9)12(19)17-10-3-4-16-20-10/h3-4,6-7,9H,1-2,5H2,(H,17,19). The first kappa shape index (κ1) is 13.4. The first-order chi connectivity index (χ1) is 9.74. The van der Waals surface area contributed by atoms with Gasteiger partial charge in [-0.1, -0.05) is 0 Å². The molecule has 0 radical (unpaired) electrons. The molecule has 1 aliphatic rings. The molecule has 0 bridgehead atoms. The molecule has 1 fully saturated rings. The Morgan fingerprint density at radius 3 is 2.95 bits per heavy atom. The van der Waals surface area contributed by atoms with Crippen molar-refractivity contribution in [1.29, 1.82) is 0 Å². The molecule has 1 saturated heterocycles. The average Bonchev–Trinajstić information content (AvgIpc) is 3.10. The topological polar surface area (TPSA) is 71.0 Å². The Morgan fingerprint density at radius 1 is 1.45 bits per heavy atom. The zero-order valence-electron chi connectivity index (χ0n) is 10.5. The summed E-state index contributed by atoms with van der Waals surface area (Å²) in [5.74, 6) is 0.685. The van der Waals surface area contributed by atoms with E-state index in [0.717, 1.165) is 22.3 Å². The van der Waals surface area contributed by atoms with Gasteiger partial charge >= 0.3 is 6.03 Å². The van der Waals surface area contributed by atoms with Crippen LogP contribution in [0.25, 0.3) is 0 Å². The third kappa shape index (κ3) is 2.80. The number of hydrogen-bond donors (Lipinski definition) is 1. The number of rotatable bonds is 2. The molecule has 2 aromatic rings. The minimum absolute atomic E-state index is 0.0592. The highest BCUT2D eigenvalue weighted by molar-refractivity contribution is 9.10. The fraction of sp³-hybridized carbons (Fsp3) is 0.333. The normalized spacial score (nSPS) is 18.2. The molecule has 2 aromatic heterocycles. The summed E-state index contributed by atoms with van der Waals surface area (Å²) in [6, 6.07) is 1.60. The SMILES string of the molecule is O=C(Nc1ccns1)N1CCCC1c1ncc(Br)cn1. The zero-order valence-corrected chi connectivity index (χ0v) is 12.9. The van der Waals surface area contributed by atoms with E-state index >= 15 is 0 Å². The lowest BCUT2D eigenvalue weighted by Gasteiger charge is -2.23. The monoisotopic (exact) mass is 353 g/mol. The highest BCUT2D eigenvalue weighted by Gasteiger charge is 2.32. The number of halogens is 1. The number of hydrogen-bond acceptors (Lipinski definition) is 5. The maximum Gasteiger partial charge on any atom is 0.323 e. The van der Waals surface area contributed by atoms with Gasteiger partial charge in [0.15, 0.2) is 5.82 Å². The van der Waals surface area contributed by atoms with E-state index in [1.165, 1.54) is 11.5 Å². The fourth-order valence-electron chi connectivity index (χ4n) is 2.23. The number of anilines is 1. The van der Waals surface area contributed by atoms with Gasteiger partial charge in [0.05, 0.1) is 10.5 Å². The smallest absolute Gasteiger partial charge is 0.314 e. The van der Waals surface area contributed by atoms with Crippen LogP contribution in [0.1, 0.15) is 24.7 Å². The Kier molecular flexibility index (Phi) is 3.93. The van der Waals surface area contributed by atoms with Crippen molar-refractivity contribution in [2.45, 2.75) is 18.9 Å². The number of carbonyl (C=O) groups excluding carboxylic acids is 1. The van der Waals surface area contributed by atoms with Crippen LogP contribution in [0, 0.1) is 0 Å². The van der Waals surface area contributed by atoms with Crippen LogP contribution < -0.4 is 5.32 Å². The second-order valence-corrected chi connectivity index (χ2v) is 6.17. The number of aromatic nitrogens is 3. The van der Waals surface area contributed by atoms with E-state index in [1.807, 2.05) is 0 Å². The second kappa shape index (κ2) is 5.84. The summed E-state index contributed by atoms with van der Waals surface area (Å²) in [5, 5.41) is 3.60. The van der Waals surface area contributed by atoms with Gasteiger partial charge in [-0.05, 0) is 46.4 Å². The van der Waals surface area contributed by atoms with Crippen LogP contribution >= 0.6 is 27.5 Å². The quantitative estimate of drug-likeness (QED) is 0.900. The lowest BCUT2D eigenvalue weighted by Crippen LogP contribution is -2.34. The van der Waals surface area contributed by atoms with Crippen LogP contribution in [0.2, 0.25) is 0 Å². The van der Waals surface area contributed by atoms with Crippen molar-refractivity contribution in [2.75, 3.05) is 11.9 Å². The summed E-state index contributed by atoms with van der Waals surface area (Å²) in [6.07, 6.45) is 6.93. The van der Waals surface area contributed by atoms with Crippen LogP contribution in [0.4, 0.5) is 9.80 Å². The van der Waals surface area contributed by atoms with Crippen molar-refractivity contribution in [1.82, 2.24) is 19.2 Å².